The van der Waals surface area contributed by atoms with E-state index in [2.05, 4.69) is 42.1 Å². The predicted molar refractivity (Wildman–Crippen MR) is 102 cm³/mol. The first kappa shape index (κ1) is 18.9. The topological polar surface area (TPSA) is 58.1 Å². The highest BCUT2D eigenvalue weighted by Crippen LogP contribution is 2.26. The number of benzene rings is 1. The second-order valence-electron chi connectivity index (χ2n) is 6.63. The van der Waals surface area contributed by atoms with Gasteiger partial charge in [-0.05, 0) is 30.9 Å². The van der Waals surface area contributed by atoms with Crippen LogP contribution in [0.15, 0.2) is 30.3 Å². The van der Waals surface area contributed by atoms with Gasteiger partial charge in [0.25, 0.3) is 5.91 Å². The predicted octanol–water partition coefficient (Wildman–Crippen LogP) is 4.52. The van der Waals surface area contributed by atoms with Gasteiger partial charge in [-0.15, -0.1) is 0 Å². The van der Waals surface area contributed by atoms with Crippen molar-refractivity contribution in [2.24, 2.45) is 0 Å². The number of para-hydroxylation sites is 1. The molecule has 25 heavy (non-hydrogen) atoms. The third-order valence-electron chi connectivity index (χ3n) is 4.10. The summed E-state index contributed by atoms with van der Waals surface area (Å²) in [6, 6.07) is 9.89. The molecule has 0 saturated heterocycles. The van der Waals surface area contributed by atoms with E-state index in [4.69, 9.17) is 0 Å². The summed E-state index contributed by atoms with van der Waals surface area (Å²) in [6.45, 7) is 8.97. The molecule has 1 aromatic carbocycles. The number of carbonyl (C=O) groups excluding carboxylic acids is 1. The minimum atomic E-state index is -0.0702. The van der Waals surface area contributed by atoms with Crippen molar-refractivity contribution in [1.82, 2.24) is 14.9 Å². The van der Waals surface area contributed by atoms with Crippen LogP contribution < -0.4 is 5.32 Å². The fraction of sp³-hybridized carbons (Fsp3) is 0.450. The molecule has 0 bridgehead atoms. The zero-order valence-corrected chi connectivity index (χ0v) is 15.8. The van der Waals surface area contributed by atoms with Crippen molar-refractivity contribution < 1.29 is 4.79 Å². The van der Waals surface area contributed by atoms with Gasteiger partial charge in [-0.1, -0.05) is 45.4 Å². The maximum atomic E-state index is 12.6. The first-order chi connectivity index (χ1) is 11.9. The fourth-order valence-corrected chi connectivity index (χ4v) is 2.69. The second-order valence-corrected chi connectivity index (χ2v) is 6.63. The van der Waals surface area contributed by atoms with Gasteiger partial charge >= 0.3 is 0 Å². The summed E-state index contributed by atoms with van der Waals surface area (Å²) in [7, 11) is 1.82. The molecule has 1 N–H and O–H groups in total. The van der Waals surface area contributed by atoms with Gasteiger partial charge in [0.1, 0.15) is 17.3 Å². The molecular weight excluding hydrogens is 312 g/mol. The van der Waals surface area contributed by atoms with Gasteiger partial charge in [-0.3, -0.25) is 4.79 Å². The number of unbranched alkanes of at least 4 members (excludes halogenated alkanes) is 1. The van der Waals surface area contributed by atoms with E-state index < -0.39 is 0 Å². The van der Waals surface area contributed by atoms with Crippen LogP contribution in [0.4, 0.5) is 11.5 Å². The molecule has 0 spiro atoms. The number of carbonyl (C=O) groups is 1. The molecule has 0 radical (unpaired) electrons. The Labute approximate surface area is 150 Å². The van der Waals surface area contributed by atoms with Crippen LogP contribution >= 0.6 is 0 Å². The van der Waals surface area contributed by atoms with E-state index >= 15 is 0 Å². The van der Waals surface area contributed by atoms with Gasteiger partial charge in [-0.2, -0.15) is 0 Å². The van der Waals surface area contributed by atoms with Crippen LogP contribution in [0.5, 0.6) is 0 Å². The normalized spacial score (nSPS) is 10.8. The summed E-state index contributed by atoms with van der Waals surface area (Å²) in [5.74, 6) is 1.55. The minimum absolute atomic E-state index is 0.0702. The maximum absolute atomic E-state index is 12.6. The zero-order valence-electron chi connectivity index (χ0n) is 15.8. The third kappa shape index (κ3) is 5.02. The highest BCUT2D eigenvalue weighted by molar-refractivity contribution is 5.93. The smallest absolute Gasteiger partial charge is 0.272 e. The molecule has 2 rings (SSSR count). The van der Waals surface area contributed by atoms with E-state index in [0.717, 1.165) is 25.1 Å². The molecular formula is C20H28N4O. The number of hydrogen-bond acceptors (Lipinski definition) is 4. The van der Waals surface area contributed by atoms with Crippen molar-refractivity contribution in [1.29, 1.82) is 0 Å². The lowest BCUT2D eigenvalue weighted by atomic mass is 10.0. The Morgan fingerprint density at radius 1 is 1.24 bits per heavy atom. The monoisotopic (exact) mass is 340 g/mol. The van der Waals surface area contributed by atoms with Crippen molar-refractivity contribution in [3.63, 3.8) is 0 Å². The van der Waals surface area contributed by atoms with E-state index in [0.29, 0.717) is 23.3 Å². The Morgan fingerprint density at radius 3 is 2.64 bits per heavy atom. The summed E-state index contributed by atoms with van der Waals surface area (Å²) in [4.78, 5) is 23.1. The molecule has 0 aliphatic heterocycles. The third-order valence-corrected chi connectivity index (χ3v) is 4.10. The van der Waals surface area contributed by atoms with Crippen LogP contribution in [0.3, 0.4) is 0 Å². The van der Waals surface area contributed by atoms with E-state index in [1.54, 1.807) is 11.0 Å². The Morgan fingerprint density at radius 2 is 1.96 bits per heavy atom. The van der Waals surface area contributed by atoms with Crippen LogP contribution in [-0.4, -0.2) is 34.4 Å². The lowest BCUT2D eigenvalue weighted by molar-refractivity contribution is 0.0787. The van der Waals surface area contributed by atoms with Crippen LogP contribution in [-0.2, 0) is 0 Å². The summed E-state index contributed by atoms with van der Waals surface area (Å²) in [6.07, 6.45) is 2.04. The first-order valence-corrected chi connectivity index (χ1v) is 8.89. The SMILES string of the molecule is CCCCN(C)C(=O)c1cc(Nc2ccccc2C(C)C)nc(C)n1. The van der Waals surface area contributed by atoms with Gasteiger partial charge in [0, 0.05) is 25.3 Å². The molecule has 1 heterocycles. The molecule has 5 nitrogen and oxygen atoms in total. The van der Waals surface area contributed by atoms with Crippen LogP contribution in [0.1, 0.15) is 61.4 Å². The number of amides is 1. The maximum Gasteiger partial charge on any atom is 0.272 e. The number of aryl methyl sites for hydroxylation is 1. The van der Waals surface area contributed by atoms with Crippen molar-refractivity contribution in [2.75, 3.05) is 18.9 Å². The highest BCUT2D eigenvalue weighted by Gasteiger charge is 2.15. The van der Waals surface area contributed by atoms with Crippen LogP contribution in [0.2, 0.25) is 0 Å². The van der Waals surface area contributed by atoms with Gasteiger partial charge in [-0.25, -0.2) is 9.97 Å². The van der Waals surface area contributed by atoms with E-state index in [9.17, 15) is 4.79 Å². The number of nitrogens with zero attached hydrogens (tertiary/aromatic N) is 3. The molecule has 0 fully saturated rings. The average Bonchev–Trinajstić information content (AvgIpc) is 2.58. The average molecular weight is 340 g/mol. The summed E-state index contributed by atoms with van der Waals surface area (Å²) in [5.41, 5.74) is 2.65. The standard InChI is InChI=1S/C20H28N4O/c1-6-7-12-24(5)20(25)18-13-19(22-15(4)21-18)23-17-11-9-8-10-16(17)14(2)3/h8-11,13-14H,6-7,12H2,1-5H3,(H,21,22,23). The molecule has 1 amide bonds. The Bertz CT molecular complexity index is 727. The second kappa shape index (κ2) is 8.60. The van der Waals surface area contributed by atoms with Crippen LogP contribution in [0, 0.1) is 6.92 Å². The van der Waals surface area contributed by atoms with Crippen molar-refractivity contribution >= 4 is 17.4 Å². The molecule has 5 heteroatoms. The van der Waals surface area contributed by atoms with Gasteiger partial charge in [0.15, 0.2) is 0 Å². The number of anilines is 2. The molecule has 0 saturated carbocycles. The molecule has 0 aliphatic carbocycles. The first-order valence-electron chi connectivity index (χ1n) is 8.89. The van der Waals surface area contributed by atoms with Crippen LogP contribution in [0.25, 0.3) is 0 Å². The molecule has 2 aromatic rings. The Hall–Kier alpha value is -2.43. The van der Waals surface area contributed by atoms with Crippen molar-refractivity contribution in [2.45, 2.75) is 46.5 Å². The van der Waals surface area contributed by atoms with Gasteiger partial charge < -0.3 is 10.2 Å². The largest absolute Gasteiger partial charge is 0.340 e. The number of rotatable bonds is 7. The molecule has 1 aromatic heterocycles. The molecule has 0 aliphatic rings. The van der Waals surface area contributed by atoms with Gasteiger partial charge in [0.2, 0.25) is 0 Å². The summed E-state index contributed by atoms with van der Waals surface area (Å²) >= 11 is 0. The van der Waals surface area contributed by atoms with Gasteiger partial charge in [0.05, 0.1) is 0 Å². The fourth-order valence-electron chi connectivity index (χ4n) is 2.69. The minimum Gasteiger partial charge on any atom is -0.340 e. The van der Waals surface area contributed by atoms with Crippen molar-refractivity contribution in [3.8, 4) is 0 Å². The Kier molecular flexibility index (Phi) is 6.51. The van der Waals surface area contributed by atoms with E-state index in [1.807, 2.05) is 32.2 Å². The lowest BCUT2D eigenvalue weighted by Gasteiger charge is -2.18. The zero-order chi connectivity index (χ0) is 18.4. The number of aromatic nitrogens is 2. The van der Waals surface area contributed by atoms with E-state index in [1.165, 1.54) is 5.56 Å². The van der Waals surface area contributed by atoms with E-state index in [-0.39, 0.29) is 5.91 Å². The summed E-state index contributed by atoms with van der Waals surface area (Å²) < 4.78 is 0. The molecule has 134 valence electrons. The summed E-state index contributed by atoms with van der Waals surface area (Å²) in [5, 5.41) is 3.35. The highest BCUT2D eigenvalue weighted by atomic mass is 16.2. The Balaban J connectivity index is 2.26. The number of nitrogens with one attached hydrogen (secondary N) is 1. The number of hydrogen-bond donors (Lipinski definition) is 1. The quantitative estimate of drug-likeness (QED) is 0.805. The molecule has 0 unspecified atom stereocenters. The van der Waals surface area contributed by atoms with Crippen molar-refractivity contribution in [3.05, 3.63) is 47.4 Å². The lowest BCUT2D eigenvalue weighted by Crippen LogP contribution is -2.28. The molecule has 0 atom stereocenters.